The number of aromatic nitrogens is 3. The summed E-state index contributed by atoms with van der Waals surface area (Å²) in [5, 5.41) is 17.7. The third-order valence-corrected chi connectivity index (χ3v) is 3.53. The summed E-state index contributed by atoms with van der Waals surface area (Å²) in [5.41, 5.74) is 2.16. The molecular weight excluding hydrogens is 290 g/mol. The molecule has 0 spiro atoms. The second-order valence-corrected chi connectivity index (χ2v) is 6.50. The van der Waals surface area contributed by atoms with Gasteiger partial charge < -0.3 is 5.11 Å². The molecule has 5 nitrogen and oxygen atoms in total. The Bertz CT molecular complexity index is 687. The van der Waals surface area contributed by atoms with E-state index in [0.717, 1.165) is 11.1 Å². The van der Waals surface area contributed by atoms with Crippen molar-refractivity contribution in [1.82, 2.24) is 15.0 Å². The third-order valence-electron chi connectivity index (χ3n) is 3.18. The molecule has 0 saturated carbocycles. The van der Waals surface area contributed by atoms with E-state index in [0.29, 0.717) is 17.3 Å². The number of aryl methyl sites for hydroxylation is 1. The maximum absolute atomic E-state index is 11.3. The lowest BCUT2D eigenvalue weighted by atomic mass is 9.90. The van der Waals surface area contributed by atoms with E-state index in [2.05, 4.69) is 10.3 Å². The molecule has 2 rings (SSSR count). The zero-order chi connectivity index (χ0) is 15.8. The predicted molar refractivity (Wildman–Crippen MR) is 81.0 cm³/mol. The molecule has 112 valence electrons. The van der Waals surface area contributed by atoms with Crippen LogP contribution in [0.25, 0.3) is 0 Å². The maximum Gasteiger partial charge on any atom is 0.358 e. The fraction of sp³-hybridized carbons (Fsp3) is 0.400. The number of carboxylic acids is 1. The molecule has 1 N–H and O–H groups in total. The van der Waals surface area contributed by atoms with Gasteiger partial charge in [0.15, 0.2) is 5.69 Å². The first-order valence-electron chi connectivity index (χ1n) is 6.62. The highest BCUT2D eigenvalue weighted by Crippen LogP contribution is 2.26. The van der Waals surface area contributed by atoms with Gasteiger partial charge in [0.05, 0.1) is 12.2 Å². The van der Waals surface area contributed by atoms with Crippen molar-refractivity contribution >= 4 is 17.6 Å². The van der Waals surface area contributed by atoms with Crippen LogP contribution in [0.15, 0.2) is 18.2 Å². The van der Waals surface area contributed by atoms with Gasteiger partial charge in [-0.05, 0) is 24.1 Å². The van der Waals surface area contributed by atoms with E-state index in [9.17, 15) is 9.90 Å². The molecule has 0 saturated heterocycles. The largest absolute Gasteiger partial charge is 0.476 e. The Morgan fingerprint density at radius 2 is 2.05 bits per heavy atom. The summed E-state index contributed by atoms with van der Waals surface area (Å²) >= 11 is 6.24. The molecule has 21 heavy (non-hydrogen) atoms. The lowest BCUT2D eigenvalue weighted by Crippen LogP contribution is -2.22. The van der Waals surface area contributed by atoms with Crippen LogP contribution in [-0.4, -0.2) is 26.1 Å². The molecule has 0 unspecified atom stereocenters. The summed E-state index contributed by atoms with van der Waals surface area (Å²) in [4.78, 5) is 11.3. The molecule has 0 fully saturated rings. The first-order valence-corrected chi connectivity index (χ1v) is 7.00. The van der Waals surface area contributed by atoms with Crippen LogP contribution in [0, 0.1) is 6.92 Å². The van der Waals surface area contributed by atoms with Crippen LogP contribution in [0.1, 0.15) is 48.1 Å². The van der Waals surface area contributed by atoms with Gasteiger partial charge in [0.25, 0.3) is 0 Å². The molecule has 0 aliphatic rings. The van der Waals surface area contributed by atoms with Crippen LogP contribution < -0.4 is 0 Å². The maximum atomic E-state index is 11.3. The van der Waals surface area contributed by atoms with Gasteiger partial charge in [-0.1, -0.05) is 49.7 Å². The number of carbonyl (C=O) groups is 1. The van der Waals surface area contributed by atoms with Crippen LogP contribution in [0.2, 0.25) is 5.02 Å². The highest BCUT2D eigenvalue weighted by atomic mass is 35.5. The van der Waals surface area contributed by atoms with Crippen molar-refractivity contribution in [3.63, 3.8) is 0 Å². The van der Waals surface area contributed by atoms with Gasteiger partial charge in [-0.15, -0.1) is 5.10 Å². The molecule has 0 aliphatic carbocycles. The van der Waals surface area contributed by atoms with Gasteiger partial charge >= 0.3 is 5.97 Å². The molecule has 0 aliphatic heterocycles. The lowest BCUT2D eigenvalue weighted by Gasteiger charge is -2.20. The van der Waals surface area contributed by atoms with Crippen molar-refractivity contribution in [2.75, 3.05) is 0 Å². The molecule has 1 heterocycles. The third kappa shape index (κ3) is 3.24. The quantitative estimate of drug-likeness (QED) is 0.945. The van der Waals surface area contributed by atoms with E-state index >= 15 is 0 Å². The first-order chi connectivity index (χ1) is 9.70. The average Bonchev–Trinajstić information content (AvgIpc) is 2.76. The van der Waals surface area contributed by atoms with E-state index in [1.54, 1.807) is 4.68 Å². The summed E-state index contributed by atoms with van der Waals surface area (Å²) in [6, 6.07) is 5.77. The Hall–Kier alpha value is -1.88. The van der Waals surface area contributed by atoms with Crippen molar-refractivity contribution in [3.05, 3.63) is 45.7 Å². The molecule has 6 heteroatoms. The minimum Gasteiger partial charge on any atom is -0.476 e. The normalized spacial score (nSPS) is 11.7. The number of benzene rings is 1. The second-order valence-electron chi connectivity index (χ2n) is 6.09. The number of hydrogen-bond donors (Lipinski definition) is 1. The molecule has 0 atom stereocenters. The minimum absolute atomic E-state index is 0.00858. The number of halogens is 1. The topological polar surface area (TPSA) is 68.0 Å². The Morgan fingerprint density at radius 1 is 1.38 bits per heavy atom. The number of rotatable bonds is 3. The predicted octanol–water partition coefficient (Wildman–Crippen LogP) is 3.28. The van der Waals surface area contributed by atoms with Crippen LogP contribution >= 0.6 is 11.6 Å². The van der Waals surface area contributed by atoms with Gasteiger partial charge in [-0.3, -0.25) is 0 Å². The fourth-order valence-electron chi connectivity index (χ4n) is 2.25. The Kier molecular flexibility index (Phi) is 4.05. The van der Waals surface area contributed by atoms with Gasteiger partial charge in [0, 0.05) is 10.4 Å². The Labute approximate surface area is 128 Å². The first kappa shape index (κ1) is 15.5. The van der Waals surface area contributed by atoms with Crippen LogP contribution in [-0.2, 0) is 12.0 Å². The average molecular weight is 308 g/mol. The minimum atomic E-state index is -1.07. The van der Waals surface area contributed by atoms with E-state index in [1.807, 2.05) is 45.9 Å². The van der Waals surface area contributed by atoms with Gasteiger partial charge in [-0.2, -0.15) is 0 Å². The van der Waals surface area contributed by atoms with Crippen molar-refractivity contribution in [2.24, 2.45) is 0 Å². The Balaban J connectivity index is 2.47. The summed E-state index contributed by atoms with van der Waals surface area (Å²) in [5.74, 6) is -1.07. The number of hydrogen-bond acceptors (Lipinski definition) is 3. The molecule has 2 aromatic rings. The van der Waals surface area contributed by atoms with Crippen molar-refractivity contribution < 1.29 is 9.90 Å². The lowest BCUT2D eigenvalue weighted by molar-refractivity contribution is 0.0687. The van der Waals surface area contributed by atoms with E-state index < -0.39 is 5.97 Å². The molecule has 1 aromatic carbocycles. The summed E-state index contributed by atoms with van der Waals surface area (Å²) in [6.07, 6.45) is 0. The smallest absolute Gasteiger partial charge is 0.358 e. The van der Waals surface area contributed by atoms with Gasteiger partial charge in [-0.25, -0.2) is 9.48 Å². The van der Waals surface area contributed by atoms with E-state index in [4.69, 9.17) is 11.6 Å². The number of carboxylic acid groups (broad SMARTS) is 1. The standard InChI is InChI=1S/C15H18ClN3O2/c1-9-5-6-10(11(16)7-9)8-19-13(15(2,3)4)12(14(20)21)17-18-19/h5-7H,8H2,1-4H3,(H,20,21). The fourth-order valence-corrected chi connectivity index (χ4v) is 2.55. The summed E-state index contributed by atoms with van der Waals surface area (Å²) < 4.78 is 1.61. The van der Waals surface area contributed by atoms with Gasteiger partial charge in [0.2, 0.25) is 0 Å². The molecule has 1 aromatic heterocycles. The van der Waals surface area contributed by atoms with Crippen molar-refractivity contribution in [2.45, 2.75) is 39.7 Å². The number of aromatic carboxylic acids is 1. The monoisotopic (exact) mass is 307 g/mol. The second kappa shape index (κ2) is 5.48. The van der Waals surface area contributed by atoms with E-state index in [-0.39, 0.29) is 11.1 Å². The highest BCUT2D eigenvalue weighted by molar-refractivity contribution is 6.31. The summed E-state index contributed by atoms with van der Waals surface area (Å²) in [7, 11) is 0. The van der Waals surface area contributed by atoms with Crippen LogP contribution in [0.5, 0.6) is 0 Å². The van der Waals surface area contributed by atoms with Crippen molar-refractivity contribution in [1.29, 1.82) is 0 Å². The molecule has 0 bridgehead atoms. The summed E-state index contributed by atoms with van der Waals surface area (Å²) in [6.45, 7) is 8.17. The van der Waals surface area contributed by atoms with Crippen LogP contribution in [0.3, 0.4) is 0 Å². The van der Waals surface area contributed by atoms with Gasteiger partial charge in [0.1, 0.15) is 0 Å². The SMILES string of the molecule is Cc1ccc(Cn2nnc(C(=O)O)c2C(C)(C)C)c(Cl)c1. The highest BCUT2D eigenvalue weighted by Gasteiger charge is 2.29. The van der Waals surface area contributed by atoms with E-state index in [1.165, 1.54) is 0 Å². The zero-order valence-electron chi connectivity index (χ0n) is 12.5. The zero-order valence-corrected chi connectivity index (χ0v) is 13.3. The molecular formula is C15H18ClN3O2. The molecule has 0 radical (unpaired) electrons. The van der Waals surface area contributed by atoms with Crippen molar-refractivity contribution in [3.8, 4) is 0 Å². The Morgan fingerprint density at radius 3 is 2.57 bits per heavy atom. The molecule has 0 amide bonds. The number of nitrogens with zero attached hydrogens (tertiary/aromatic N) is 3. The van der Waals surface area contributed by atoms with Crippen LogP contribution in [0.4, 0.5) is 0 Å².